The third-order valence-corrected chi connectivity index (χ3v) is 5.91. The van der Waals surface area contributed by atoms with Crippen molar-refractivity contribution >= 4 is 22.8 Å². The molecule has 2 aromatic rings. The minimum atomic E-state index is -0.391. The van der Waals surface area contributed by atoms with Crippen molar-refractivity contribution in [2.75, 3.05) is 45.9 Å². The molecule has 2 fully saturated rings. The van der Waals surface area contributed by atoms with E-state index in [1.807, 2.05) is 9.80 Å². The van der Waals surface area contributed by atoms with E-state index in [0.717, 1.165) is 0 Å². The van der Waals surface area contributed by atoms with Crippen molar-refractivity contribution in [1.29, 1.82) is 0 Å². The Balaban J connectivity index is 1.53. The van der Waals surface area contributed by atoms with Gasteiger partial charge in [-0.3, -0.25) is 9.59 Å². The van der Waals surface area contributed by atoms with Crippen molar-refractivity contribution in [2.24, 2.45) is 11.8 Å². The van der Waals surface area contributed by atoms with Crippen molar-refractivity contribution in [2.45, 2.75) is 26.3 Å². The molecule has 8 nitrogen and oxygen atoms in total. The summed E-state index contributed by atoms with van der Waals surface area (Å²) in [6.45, 7) is 8.27. The maximum Gasteiger partial charge on any atom is 0.289 e. The Morgan fingerprint density at radius 1 is 1.29 bits per heavy atom. The number of H-pyrrole nitrogens is 1. The van der Waals surface area contributed by atoms with E-state index in [2.05, 4.69) is 29.1 Å². The monoisotopic (exact) mass is 431 g/mol. The number of carbonyl (C=O) groups is 2. The first-order chi connectivity index (χ1) is 14.9. The number of imidazole rings is 1. The minimum absolute atomic E-state index is 0.122. The number of aromatic nitrogens is 2. The van der Waals surface area contributed by atoms with Crippen LogP contribution in [0.4, 0.5) is 4.39 Å². The largest absolute Gasteiger partial charge is 0.378 e. The first kappa shape index (κ1) is 21.7. The van der Waals surface area contributed by atoms with Crippen molar-refractivity contribution < 1.29 is 18.7 Å². The summed E-state index contributed by atoms with van der Waals surface area (Å²) in [5.41, 5.74) is 1.05. The number of fused-ring (bicyclic) bond motifs is 1. The highest BCUT2D eigenvalue weighted by atomic mass is 19.1. The molecule has 0 aliphatic carbocycles. The molecule has 168 valence electrons. The molecule has 0 spiro atoms. The van der Waals surface area contributed by atoms with E-state index < -0.39 is 5.82 Å². The number of ether oxygens (including phenoxy) is 1. The summed E-state index contributed by atoms with van der Waals surface area (Å²) in [5.74, 6) is -0.223. The lowest BCUT2D eigenvalue weighted by Crippen LogP contribution is -2.56. The first-order valence-corrected chi connectivity index (χ1v) is 11.0. The van der Waals surface area contributed by atoms with Crippen molar-refractivity contribution in [3.63, 3.8) is 0 Å². The van der Waals surface area contributed by atoms with Crippen LogP contribution < -0.4 is 5.32 Å². The molecule has 2 N–H and O–H groups in total. The lowest BCUT2D eigenvalue weighted by Gasteiger charge is -2.39. The van der Waals surface area contributed by atoms with E-state index in [0.29, 0.717) is 63.4 Å². The summed E-state index contributed by atoms with van der Waals surface area (Å²) in [5, 5.41) is 3.35. The molecule has 0 bridgehead atoms. The van der Waals surface area contributed by atoms with Crippen molar-refractivity contribution in [1.82, 2.24) is 25.1 Å². The number of nitrogens with zero attached hydrogens (tertiary/aromatic N) is 3. The number of nitrogens with one attached hydrogen (secondary N) is 2. The van der Waals surface area contributed by atoms with Gasteiger partial charge in [0.25, 0.3) is 5.91 Å². The average molecular weight is 432 g/mol. The van der Waals surface area contributed by atoms with Gasteiger partial charge in [0.15, 0.2) is 5.82 Å². The molecule has 2 aliphatic rings. The van der Waals surface area contributed by atoms with Gasteiger partial charge in [0.05, 0.1) is 30.2 Å². The number of morpholine rings is 1. The normalized spacial score (nSPS) is 22.1. The molecule has 0 saturated carbocycles. The van der Waals surface area contributed by atoms with Gasteiger partial charge in [-0.1, -0.05) is 13.8 Å². The number of hydrogen-bond acceptors (Lipinski definition) is 5. The number of rotatable bonds is 5. The number of carbonyl (C=O) groups excluding carboxylic acids is 2. The molecule has 2 saturated heterocycles. The van der Waals surface area contributed by atoms with E-state index >= 15 is 0 Å². The molecule has 1 aromatic carbocycles. The molecule has 0 unspecified atom stereocenters. The van der Waals surface area contributed by atoms with Crippen LogP contribution >= 0.6 is 0 Å². The Bertz CT molecular complexity index is 940. The van der Waals surface area contributed by atoms with E-state index in [4.69, 9.17) is 4.74 Å². The second-order valence-corrected chi connectivity index (χ2v) is 8.78. The van der Waals surface area contributed by atoms with Gasteiger partial charge in [-0.25, -0.2) is 9.37 Å². The first-order valence-electron chi connectivity index (χ1n) is 11.0. The van der Waals surface area contributed by atoms with Gasteiger partial charge in [0.1, 0.15) is 5.82 Å². The summed E-state index contributed by atoms with van der Waals surface area (Å²) in [6.07, 6.45) is 0.608. The Labute approximate surface area is 181 Å². The standard InChI is InChI=1S/C22H30FN5O3/c1-14(2)13-28(22(30)20-25-18-4-3-16(23)10-19(18)26-20)17-9-15(11-24-12-17)21(29)27-5-7-31-8-6-27/h3-4,10,14-15,17,24H,5-9,11-13H2,1-2H3,(H,25,26)/t15-,17+/m1/s1. The highest BCUT2D eigenvalue weighted by molar-refractivity contribution is 5.94. The predicted octanol–water partition coefficient (Wildman–Crippen LogP) is 1.64. The van der Waals surface area contributed by atoms with Crippen LogP contribution in [0.5, 0.6) is 0 Å². The Morgan fingerprint density at radius 3 is 2.81 bits per heavy atom. The van der Waals surface area contributed by atoms with E-state index in [1.165, 1.54) is 12.1 Å². The van der Waals surface area contributed by atoms with Crippen LogP contribution in [0.25, 0.3) is 11.0 Å². The fourth-order valence-corrected chi connectivity index (χ4v) is 4.39. The molecule has 31 heavy (non-hydrogen) atoms. The fourth-order valence-electron chi connectivity index (χ4n) is 4.39. The van der Waals surface area contributed by atoms with E-state index in [-0.39, 0.29) is 35.5 Å². The number of aromatic amines is 1. The summed E-state index contributed by atoms with van der Waals surface area (Å²) < 4.78 is 18.9. The van der Waals surface area contributed by atoms with Crippen LogP contribution in [-0.2, 0) is 9.53 Å². The van der Waals surface area contributed by atoms with Crippen LogP contribution in [-0.4, -0.2) is 83.6 Å². The summed E-state index contributed by atoms with van der Waals surface area (Å²) in [7, 11) is 0. The molecular weight excluding hydrogens is 401 g/mol. The fraction of sp³-hybridized carbons (Fsp3) is 0.591. The highest BCUT2D eigenvalue weighted by Crippen LogP contribution is 2.22. The Morgan fingerprint density at radius 2 is 2.06 bits per heavy atom. The zero-order valence-corrected chi connectivity index (χ0v) is 18.1. The van der Waals surface area contributed by atoms with Gasteiger partial charge in [-0.15, -0.1) is 0 Å². The third kappa shape index (κ3) is 4.88. The number of halogens is 1. The smallest absolute Gasteiger partial charge is 0.289 e. The topological polar surface area (TPSA) is 90.6 Å². The molecule has 0 radical (unpaired) electrons. The molecule has 2 atom stereocenters. The molecule has 2 amide bonds. The van der Waals surface area contributed by atoms with Crippen LogP contribution in [0, 0.1) is 17.7 Å². The molecule has 9 heteroatoms. The van der Waals surface area contributed by atoms with Crippen LogP contribution in [0.15, 0.2) is 18.2 Å². The van der Waals surface area contributed by atoms with Crippen LogP contribution in [0.1, 0.15) is 30.9 Å². The third-order valence-electron chi connectivity index (χ3n) is 5.91. The second kappa shape index (κ2) is 9.32. The molecule has 2 aliphatic heterocycles. The van der Waals surface area contributed by atoms with E-state index in [1.54, 1.807) is 6.07 Å². The molecular formula is C22H30FN5O3. The zero-order valence-electron chi connectivity index (χ0n) is 18.1. The lowest BCUT2D eigenvalue weighted by molar-refractivity contribution is -0.140. The van der Waals surface area contributed by atoms with Crippen LogP contribution in [0.2, 0.25) is 0 Å². The van der Waals surface area contributed by atoms with Gasteiger partial charge < -0.3 is 24.8 Å². The SMILES string of the molecule is CC(C)CN(C(=O)c1nc2cc(F)ccc2[nH]1)[C@@H]1CNC[C@H](C(=O)N2CCOCC2)C1. The van der Waals surface area contributed by atoms with E-state index in [9.17, 15) is 14.0 Å². The summed E-state index contributed by atoms with van der Waals surface area (Å²) >= 11 is 0. The zero-order chi connectivity index (χ0) is 22.0. The van der Waals surface area contributed by atoms with Crippen molar-refractivity contribution in [3.05, 3.63) is 29.8 Å². The minimum Gasteiger partial charge on any atom is -0.378 e. The molecule has 4 rings (SSSR count). The number of hydrogen-bond donors (Lipinski definition) is 2. The summed E-state index contributed by atoms with van der Waals surface area (Å²) in [4.78, 5) is 37.4. The van der Waals surface area contributed by atoms with Gasteiger partial charge in [-0.2, -0.15) is 0 Å². The number of piperidine rings is 1. The summed E-state index contributed by atoms with van der Waals surface area (Å²) in [6, 6.07) is 4.12. The maximum absolute atomic E-state index is 13.5. The van der Waals surface area contributed by atoms with Crippen LogP contribution in [0.3, 0.4) is 0 Å². The van der Waals surface area contributed by atoms with Gasteiger partial charge in [-0.05, 0) is 24.5 Å². The Hall–Kier alpha value is -2.52. The number of benzene rings is 1. The quantitative estimate of drug-likeness (QED) is 0.751. The maximum atomic E-state index is 13.5. The molecule has 1 aromatic heterocycles. The molecule has 3 heterocycles. The second-order valence-electron chi connectivity index (χ2n) is 8.78. The van der Waals surface area contributed by atoms with Gasteiger partial charge in [0.2, 0.25) is 5.91 Å². The van der Waals surface area contributed by atoms with Gasteiger partial charge >= 0.3 is 0 Å². The lowest BCUT2D eigenvalue weighted by atomic mass is 9.92. The van der Waals surface area contributed by atoms with Crippen molar-refractivity contribution in [3.8, 4) is 0 Å². The highest BCUT2D eigenvalue weighted by Gasteiger charge is 2.36. The Kier molecular flexibility index (Phi) is 6.52. The predicted molar refractivity (Wildman–Crippen MR) is 114 cm³/mol. The number of amides is 2. The average Bonchev–Trinajstić information content (AvgIpc) is 3.20. The van der Waals surface area contributed by atoms with Gasteiger partial charge in [0, 0.05) is 44.8 Å².